The van der Waals surface area contributed by atoms with Gasteiger partial charge >= 0.3 is 0 Å². The quantitative estimate of drug-likeness (QED) is 0.757. The van der Waals surface area contributed by atoms with Gasteiger partial charge in [0.05, 0.1) is 12.5 Å². The van der Waals surface area contributed by atoms with Crippen LogP contribution in [0.3, 0.4) is 0 Å². The topological polar surface area (TPSA) is 25.2 Å². The summed E-state index contributed by atoms with van der Waals surface area (Å²) in [6, 6.07) is 1.84. The Hall–Kier alpha value is -0.830. The first-order valence-electron chi connectivity index (χ1n) is 4.69. The minimum atomic E-state index is -1.02. The molecule has 0 unspecified atom stereocenters. The van der Waals surface area contributed by atoms with Gasteiger partial charge in [-0.2, -0.15) is 0 Å². The number of halogens is 1. The van der Waals surface area contributed by atoms with Crippen LogP contribution in [0.4, 0.5) is 4.39 Å². The molecule has 1 aromatic heterocycles. The van der Waals surface area contributed by atoms with Gasteiger partial charge in [-0.05, 0) is 37.6 Å². The van der Waals surface area contributed by atoms with E-state index in [0.717, 1.165) is 18.7 Å². The largest absolute Gasteiger partial charge is 0.472 e. The molecule has 1 saturated heterocycles. The van der Waals surface area contributed by atoms with Crippen LogP contribution in [0, 0.1) is 0 Å². The first-order valence-corrected chi connectivity index (χ1v) is 4.69. The highest BCUT2D eigenvalue weighted by Crippen LogP contribution is 2.27. The van der Waals surface area contributed by atoms with Crippen LogP contribution in [0.5, 0.6) is 0 Å². The lowest BCUT2D eigenvalue weighted by Crippen LogP contribution is -2.40. The average Bonchev–Trinajstić information content (AvgIpc) is 2.57. The maximum atomic E-state index is 14.1. The van der Waals surface area contributed by atoms with E-state index in [1.165, 1.54) is 0 Å². The molecule has 72 valence electrons. The van der Waals surface area contributed by atoms with Crippen molar-refractivity contribution in [2.24, 2.45) is 0 Å². The summed E-state index contributed by atoms with van der Waals surface area (Å²) in [5, 5.41) is 3.16. The van der Waals surface area contributed by atoms with Gasteiger partial charge in [0, 0.05) is 6.42 Å². The van der Waals surface area contributed by atoms with Crippen LogP contribution in [0.15, 0.2) is 23.0 Å². The summed E-state index contributed by atoms with van der Waals surface area (Å²) in [6.07, 6.45) is 4.94. The van der Waals surface area contributed by atoms with E-state index < -0.39 is 5.67 Å². The van der Waals surface area contributed by atoms with E-state index in [-0.39, 0.29) is 0 Å². The molecule has 2 rings (SSSR count). The second kappa shape index (κ2) is 3.50. The molecule has 1 aromatic rings. The van der Waals surface area contributed by atoms with Gasteiger partial charge in [-0.3, -0.25) is 0 Å². The summed E-state index contributed by atoms with van der Waals surface area (Å²) in [5.74, 6) is 0. The summed E-state index contributed by atoms with van der Waals surface area (Å²) >= 11 is 0. The lowest BCUT2D eigenvalue weighted by atomic mass is 9.89. The second-order valence-electron chi connectivity index (χ2n) is 3.71. The third-order valence-electron chi connectivity index (χ3n) is 2.60. The SMILES string of the molecule is FC1(Cc2ccoc2)CCNCC1. The molecule has 3 heteroatoms. The molecule has 0 radical (unpaired) electrons. The van der Waals surface area contributed by atoms with Crippen molar-refractivity contribution in [3.8, 4) is 0 Å². The lowest BCUT2D eigenvalue weighted by molar-refractivity contribution is 0.116. The zero-order valence-corrected chi connectivity index (χ0v) is 7.55. The van der Waals surface area contributed by atoms with E-state index in [1.807, 2.05) is 6.07 Å². The van der Waals surface area contributed by atoms with Gasteiger partial charge in [-0.1, -0.05) is 0 Å². The molecule has 0 saturated carbocycles. The maximum absolute atomic E-state index is 14.1. The minimum absolute atomic E-state index is 0.491. The molecular weight excluding hydrogens is 169 g/mol. The van der Waals surface area contributed by atoms with Crippen molar-refractivity contribution in [3.63, 3.8) is 0 Å². The van der Waals surface area contributed by atoms with Crippen LogP contribution in [0.25, 0.3) is 0 Å². The number of hydrogen-bond acceptors (Lipinski definition) is 2. The normalized spacial score (nSPS) is 21.6. The first-order chi connectivity index (χ1) is 6.29. The predicted octanol–water partition coefficient (Wildman–Crippen LogP) is 1.91. The summed E-state index contributed by atoms with van der Waals surface area (Å²) < 4.78 is 19.0. The Labute approximate surface area is 77.1 Å². The molecule has 0 spiro atoms. The number of piperidine rings is 1. The van der Waals surface area contributed by atoms with Crippen molar-refractivity contribution in [1.82, 2.24) is 5.32 Å². The highest BCUT2D eigenvalue weighted by Gasteiger charge is 2.31. The summed E-state index contributed by atoms with van der Waals surface area (Å²) in [6.45, 7) is 1.57. The van der Waals surface area contributed by atoms with Gasteiger partial charge in [-0.15, -0.1) is 0 Å². The van der Waals surface area contributed by atoms with Gasteiger partial charge < -0.3 is 9.73 Å². The summed E-state index contributed by atoms with van der Waals surface area (Å²) in [4.78, 5) is 0. The first kappa shape index (κ1) is 8.75. The number of hydrogen-bond donors (Lipinski definition) is 1. The zero-order valence-electron chi connectivity index (χ0n) is 7.55. The van der Waals surface area contributed by atoms with Crippen molar-refractivity contribution in [1.29, 1.82) is 0 Å². The number of nitrogens with one attached hydrogen (secondary N) is 1. The van der Waals surface area contributed by atoms with E-state index in [0.29, 0.717) is 19.3 Å². The van der Waals surface area contributed by atoms with Crippen molar-refractivity contribution in [3.05, 3.63) is 24.2 Å². The molecule has 0 aliphatic carbocycles. The molecule has 0 aromatic carbocycles. The van der Waals surface area contributed by atoms with Crippen molar-refractivity contribution in [2.75, 3.05) is 13.1 Å². The Morgan fingerprint density at radius 3 is 2.85 bits per heavy atom. The highest BCUT2D eigenvalue weighted by molar-refractivity contribution is 5.10. The van der Waals surface area contributed by atoms with Crippen LogP contribution < -0.4 is 5.32 Å². The van der Waals surface area contributed by atoms with Crippen LogP contribution >= 0.6 is 0 Å². The monoisotopic (exact) mass is 183 g/mol. The van der Waals surface area contributed by atoms with Crippen molar-refractivity contribution >= 4 is 0 Å². The fourth-order valence-electron chi connectivity index (χ4n) is 1.81. The number of rotatable bonds is 2. The molecule has 1 fully saturated rings. The molecule has 1 aliphatic rings. The van der Waals surface area contributed by atoms with Gasteiger partial charge in [0.25, 0.3) is 0 Å². The van der Waals surface area contributed by atoms with Crippen LogP contribution in [-0.4, -0.2) is 18.8 Å². The number of alkyl halides is 1. The smallest absolute Gasteiger partial charge is 0.117 e. The van der Waals surface area contributed by atoms with E-state index >= 15 is 0 Å². The average molecular weight is 183 g/mol. The second-order valence-corrected chi connectivity index (χ2v) is 3.71. The van der Waals surface area contributed by atoms with E-state index in [9.17, 15) is 4.39 Å². The molecule has 2 heterocycles. The molecule has 0 amide bonds. The lowest BCUT2D eigenvalue weighted by Gasteiger charge is -2.29. The van der Waals surface area contributed by atoms with Gasteiger partial charge in [0.2, 0.25) is 0 Å². The molecule has 2 nitrogen and oxygen atoms in total. The fourth-order valence-corrected chi connectivity index (χ4v) is 1.81. The number of furan rings is 1. The Bertz CT molecular complexity index is 252. The summed E-state index contributed by atoms with van der Waals surface area (Å²) in [5.41, 5.74) is -0.0563. The minimum Gasteiger partial charge on any atom is -0.472 e. The van der Waals surface area contributed by atoms with E-state index in [1.54, 1.807) is 12.5 Å². The maximum Gasteiger partial charge on any atom is 0.117 e. The Morgan fingerprint density at radius 1 is 1.46 bits per heavy atom. The van der Waals surface area contributed by atoms with Crippen molar-refractivity contribution in [2.45, 2.75) is 24.9 Å². The molecule has 1 N–H and O–H groups in total. The molecule has 1 aliphatic heterocycles. The zero-order chi connectivity index (χ0) is 9.15. The standard InChI is InChI=1S/C10H14FNO/c11-10(2-4-12-5-3-10)7-9-1-6-13-8-9/h1,6,8,12H,2-5,7H2. The highest BCUT2D eigenvalue weighted by atomic mass is 19.1. The Morgan fingerprint density at radius 2 is 2.23 bits per heavy atom. The van der Waals surface area contributed by atoms with Crippen LogP contribution in [0.2, 0.25) is 0 Å². The van der Waals surface area contributed by atoms with Crippen molar-refractivity contribution < 1.29 is 8.81 Å². The summed E-state index contributed by atoms with van der Waals surface area (Å²) in [7, 11) is 0. The predicted molar refractivity (Wildman–Crippen MR) is 48.4 cm³/mol. The van der Waals surface area contributed by atoms with Crippen LogP contribution in [-0.2, 0) is 6.42 Å². The molecular formula is C10H14FNO. The third kappa shape index (κ3) is 2.10. The van der Waals surface area contributed by atoms with Crippen LogP contribution in [0.1, 0.15) is 18.4 Å². The Balaban J connectivity index is 1.99. The van der Waals surface area contributed by atoms with Gasteiger partial charge in [-0.25, -0.2) is 4.39 Å². The Kier molecular flexibility index (Phi) is 2.36. The molecule has 0 bridgehead atoms. The third-order valence-corrected chi connectivity index (χ3v) is 2.60. The molecule has 0 atom stereocenters. The van der Waals surface area contributed by atoms with E-state index in [4.69, 9.17) is 4.42 Å². The van der Waals surface area contributed by atoms with E-state index in [2.05, 4.69) is 5.32 Å². The van der Waals surface area contributed by atoms with Gasteiger partial charge in [0.15, 0.2) is 0 Å². The fraction of sp³-hybridized carbons (Fsp3) is 0.600. The molecule has 13 heavy (non-hydrogen) atoms. The van der Waals surface area contributed by atoms with Gasteiger partial charge in [0.1, 0.15) is 5.67 Å².